The largest absolute Gasteiger partial charge is 0.489 e. The summed E-state index contributed by atoms with van der Waals surface area (Å²) in [6.07, 6.45) is 2.68. The van der Waals surface area contributed by atoms with Gasteiger partial charge in [0, 0.05) is 11.1 Å². The highest BCUT2D eigenvalue weighted by atomic mass is 16.6. The van der Waals surface area contributed by atoms with E-state index in [0.717, 1.165) is 12.0 Å². The van der Waals surface area contributed by atoms with Crippen molar-refractivity contribution in [2.75, 3.05) is 13.2 Å². The van der Waals surface area contributed by atoms with Gasteiger partial charge in [-0.15, -0.1) is 0 Å². The second-order valence-electron chi connectivity index (χ2n) is 6.60. The summed E-state index contributed by atoms with van der Waals surface area (Å²) in [7, 11) is 0. The van der Waals surface area contributed by atoms with Crippen molar-refractivity contribution in [3.8, 4) is 5.75 Å². The smallest absolute Gasteiger partial charge is 0.338 e. The fraction of sp³-hybridized carbons (Fsp3) is 0.348. The second-order valence-corrected chi connectivity index (χ2v) is 6.60. The first-order valence-corrected chi connectivity index (χ1v) is 9.43. The summed E-state index contributed by atoms with van der Waals surface area (Å²) in [5, 5.41) is 19.1. The highest BCUT2D eigenvalue weighted by Crippen LogP contribution is 2.27. The van der Waals surface area contributed by atoms with Crippen LogP contribution in [-0.2, 0) is 18.0 Å². The molecule has 0 radical (unpaired) electrons. The third-order valence-corrected chi connectivity index (χ3v) is 4.73. The molecule has 0 heterocycles. The van der Waals surface area contributed by atoms with Crippen LogP contribution in [-0.4, -0.2) is 29.4 Å². The minimum absolute atomic E-state index is 0.0604. The number of carbonyl (C=O) groups excluding carboxylic acids is 1. The molecule has 1 unspecified atom stereocenters. The van der Waals surface area contributed by atoms with Gasteiger partial charge in [-0.2, -0.15) is 0 Å². The number of aliphatic hydroxyl groups is 2. The van der Waals surface area contributed by atoms with Gasteiger partial charge in [-0.3, -0.25) is 0 Å². The van der Waals surface area contributed by atoms with E-state index in [1.54, 1.807) is 30.3 Å². The lowest BCUT2D eigenvalue weighted by Crippen LogP contribution is -2.14. The van der Waals surface area contributed by atoms with Crippen molar-refractivity contribution in [1.29, 1.82) is 0 Å². The molecule has 0 aliphatic heterocycles. The summed E-state index contributed by atoms with van der Waals surface area (Å²) in [5.41, 5.74) is 3.57. The molecule has 0 spiro atoms. The SMILES string of the molecule is C=Cc1cc(CO)c(OCCOC(=O)c2ccc(C(C)CC)cc2)c(CO)c1. The molecule has 150 valence electrons. The van der Waals surface area contributed by atoms with E-state index >= 15 is 0 Å². The normalized spacial score (nSPS) is 11.7. The quantitative estimate of drug-likeness (QED) is 0.477. The van der Waals surface area contributed by atoms with Crippen LogP contribution in [0.5, 0.6) is 5.75 Å². The van der Waals surface area contributed by atoms with Gasteiger partial charge < -0.3 is 19.7 Å². The zero-order chi connectivity index (χ0) is 20.5. The van der Waals surface area contributed by atoms with Crippen LogP contribution in [0.4, 0.5) is 0 Å². The van der Waals surface area contributed by atoms with Crippen molar-refractivity contribution >= 4 is 12.0 Å². The highest BCUT2D eigenvalue weighted by Gasteiger charge is 2.12. The summed E-state index contributed by atoms with van der Waals surface area (Å²) in [5.74, 6) is 0.447. The Bertz CT molecular complexity index is 770. The number of carbonyl (C=O) groups is 1. The van der Waals surface area contributed by atoms with Crippen LogP contribution in [0.25, 0.3) is 6.08 Å². The number of hydrogen-bond acceptors (Lipinski definition) is 5. The Kier molecular flexibility index (Phi) is 8.23. The zero-order valence-corrected chi connectivity index (χ0v) is 16.5. The standard InChI is InChI=1S/C23H28O5/c1-4-16(3)18-6-8-19(9-7-18)23(26)28-11-10-27-22-20(14-24)12-17(5-2)13-21(22)15-25/h5-9,12-13,16,24-25H,2,4,10-11,14-15H2,1,3H3. The average molecular weight is 384 g/mol. The molecule has 0 saturated heterocycles. The van der Waals surface area contributed by atoms with Crippen molar-refractivity contribution in [3.63, 3.8) is 0 Å². The van der Waals surface area contributed by atoms with E-state index in [-0.39, 0.29) is 26.4 Å². The predicted molar refractivity (Wildman–Crippen MR) is 109 cm³/mol. The van der Waals surface area contributed by atoms with E-state index in [0.29, 0.717) is 28.4 Å². The lowest BCUT2D eigenvalue weighted by molar-refractivity contribution is 0.0447. The van der Waals surface area contributed by atoms with E-state index in [4.69, 9.17) is 9.47 Å². The molecule has 2 aromatic carbocycles. The van der Waals surface area contributed by atoms with Gasteiger partial charge in [0.05, 0.1) is 18.8 Å². The zero-order valence-electron chi connectivity index (χ0n) is 16.5. The fourth-order valence-electron chi connectivity index (χ4n) is 2.86. The van der Waals surface area contributed by atoms with Gasteiger partial charge >= 0.3 is 5.97 Å². The third-order valence-electron chi connectivity index (χ3n) is 4.73. The molecule has 28 heavy (non-hydrogen) atoms. The molecule has 0 bridgehead atoms. The molecule has 0 aliphatic carbocycles. The van der Waals surface area contributed by atoms with Crippen LogP contribution in [0.1, 0.15) is 58.8 Å². The van der Waals surface area contributed by atoms with Gasteiger partial charge in [0.1, 0.15) is 19.0 Å². The van der Waals surface area contributed by atoms with Crippen LogP contribution in [0, 0.1) is 0 Å². The molecule has 2 N–H and O–H groups in total. The fourth-order valence-corrected chi connectivity index (χ4v) is 2.86. The maximum atomic E-state index is 12.2. The van der Waals surface area contributed by atoms with Crippen LogP contribution in [0.2, 0.25) is 0 Å². The number of ether oxygens (including phenoxy) is 2. The molecule has 5 heteroatoms. The first-order chi connectivity index (χ1) is 13.5. The van der Waals surface area contributed by atoms with Crippen LogP contribution >= 0.6 is 0 Å². The van der Waals surface area contributed by atoms with Crippen LogP contribution < -0.4 is 4.74 Å². The van der Waals surface area contributed by atoms with Gasteiger partial charge in [-0.25, -0.2) is 4.79 Å². The highest BCUT2D eigenvalue weighted by molar-refractivity contribution is 5.89. The molecular weight excluding hydrogens is 356 g/mol. The predicted octanol–water partition coefficient (Wildman–Crippen LogP) is 4.06. The number of hydrogen-bond donors (Lipinski definition) is 2. The van der Waals surface area contributed by atoms with Crippen molar-refractivity contribution in [1.82, 2.24) is 0 Å². The van der Waals surface area contributed by atoms with Gasteiger partial charge in [-0.1, -0.05) is 38.6 Å². The van der Waals surface area contributed by atoms with E-state index in [2.05, 4.69) is 20.4 Å². The monoisotopic (exact) mass is 384 g/mol. The molecule has 5 nitrogen and oxygen atoms in total. The summed E-state index contributed by atoms with van der Waals surface area (Å²) in [4.78, 5) is 12.2. The summed E-state index contributed by atoms with van der Waals surface area (Å²) >= 11 is 0. The van der Waals surface area contributed by atoms with Crippen molar-refractivity contribution < 1.29 is 24.5 Å². The summed E-state index contributed by atoms with van der Waals surface area (Å²) in [6.45, 7) is 7.68. The van der Waals surface area contributed by atoms with Gasteiger partial charge in [-0.05, 0) is 47.7 Å². The molecule has 2 aromatic rings. The van der Waals surface area contributed by atoms with Gasteiger partial charge in [0.15, 0.2) is 0 Å². The first kappa shape index (κ1) is 21.7. The molecule has 2 rings (SSSR count). The Labute approximate surface area is 166 Å². The van der Waals surface area contributed by atoms with E-state index in [9.17, 15) is 15.0 Å². The lowest BCUT2D eigenvalue weighted by Gasteiger charge is -2.15. The van der Waals surface area contributed by atoms with Gasteiger partial charge in [0.25, 0.3) is 0 Å². The van der Waals surface area contributed by atoms with E-state index < -0.39 is 5.97 Å². The minimum Gasteiger partial charge on any atom is -0.489 e. The van der Waals surface area contributed by atoms with Crippen LogP contribution in [0.3, 0.4) is 0 Å². The van der Waals surface area contributed by atoms with Gasteiger partial charge in [0.2, 0.25) is 0 Å². The Hall–Kier alpha value is -2.63. The average Bonchev–Trinajstić information content (AvgIpc) is 2.75. The van der Waals surface area contributed by atoms with Crippen molar-refractivity contribution in [3.05, 3.63) is 70.8 Å². The second kappa shape index (κ2) is 10.6. The topological polar surface area (TPSA) is 76.0 Å². The van der Waals surface area contributed by atoms with Crippen molar-refractivity contribution in [2.45, 2.75) is 39.4 Å². The maximum absolute atomic E-state index is 12.2. The molecule has 0 fully saturated rings. The molecular formula is C23H28O5. The molecule has 0 aliphatic rings. The number of rotatable bonds is 10. The van der Waals surface area contributed by atoms with Crippen LogP contribution in [0.15, 0.2) is 43.0 Å². The van der Waals surface area contributed by atoms with Crippen molar-refractivity contribution in [2.24, 2.45) is 0 Å². The number of benzene rings is 2. The number of aliphatic hydroxyl groups excluding tert-OH is 2. The summed E-state index contributed by atoms with van der Waals surface area (Å²) in [6, 6.07) is 10.9. The third kappa shape index (κ3) is 5.44. The summed E-state index contributed by atoms with van der Waals surface area (Å²) < 4.78 is 10.9. The Morgan fingerprint density at radius 3 is 2.21 bits per heavy atom. The van der Waals surface area contributed by atoms with E-state index in [1.165, 1.54) is 5.56 Å². The molecule has 1 atom stereocenters. The molecule has 0 aromatic heterocycles. The van der Waals surface area contributed by atoms with E-state index in [1.807, 2.05) is 12.1 Å². The Morgan fingerprint density at radius 2 is 1.71 bits per heavy atom. The Morgan fingerprint density at radius 1 is 1.11 bits per heavy atom. The number of esters is 1. The lowest BCUT2D eigenvalue weighted by atomic mass is 9.98. The Balaban J connectivity index is 1.93. The molecule has 0 amide bonds. The minimum atomic E-state index is -0.411. The maximum Gasteiger partial charge on any atom is 0.338 e. The molecule has 0 saturated carbocycles. The first-order valence-electron chi connectivity index (χ1n) is 9.43.